The molecule has 0 aliphatic rings. The lowest BCUT2D eigenvalue weighted by Gasteiger charge is -2.19. The number of hydrogen-bond acceptors (Lipinski definition) is 3. The van der Waals surface area contributed by atoms with Gasteiger partial charge in [0.05, 0.1) is 4.90 Å². The minimum atomic E-state index is -4.66. The summed E-state index contributed by atoms with van der Waals surface area (Å²) in [6.07, 6.45) is 0. The number of amides is 1. The van der Waals surface area contributed by atoms with Crippen molar-refractivity contribution in [2.45, 2.75) is 31.0 Å². The molecule has 1 amide bonds. The first-order chi connectivity index (χ1) is 11.6. The first kappa shape index (κ1) is 19.1. The standard InChI is InChI=1S/C18H19F2NO3S/c1-12-4-5-15(13(2)10-12)11-21(3)17(22)14-6-8-16(9-7-14)25(23,24)18(19)20/h4-10,18H,11H2,1-3H3. The third-order valence-electron chi connectivity index (χ3n) is 3.92. The van der Waals surface area contributed by atoms with E-state index in [1.807, 2.05) is 32.0 Å². The van der Waals surface area contributed by atoms with Gasteiger partial charge in [0, 0.05) is 19.2 Å². The lowest BCUT2D eigenvalue weighted by Crippen LogP contribution is -2.26. The van der Waals surface area contributed by atoms with Crippen LogP contribution in [0.1, 0.15) is 27.0 Å². The Labute approximate surface area is 146 Å². The Morgan fingerprint density at radius 3 is 2.20 bits per heavy atom. The Bertz CT molecular complexity index is 878. The minimum Gasteiger partial charge on any atom is -0.337 e. The Balaban J connectivity index is 2.17. The first-order valence-corrected chi connectivity index (χ1v) is 9.11. The molecular weight excluding hydrogens is 348 g/mol. The predicted molar refractivity (Wildman–Crippen MR) is 91.3 cm³/mol. The van der Waals surface area contributed by atoms with Crippen molar-refractivity contribution in [1.82, 2.24) is 4.90 Å². The smallest absolute Gasteiger partial charge is 0.337 e. The van der Waals surface area contributed by atoms with Gasteiger partial charge in [-0.25, -0.2) is 8.42 Å². The first-order valence-electron chi connectivity index (χ1n) is 7.56. The summed E-state index contributed by atoms with van der Waals surface area (Å²) in [6.45, 7) is 4.34. The molecular formula is C18H19F2NO3S. The molecule has 0 fully saturated rings. The second-order valence-electron chi connectivity index (χ2n) is 5.92. The minimum absolute atomic E-state index is 0.237. The quantitative estimate of drug-likeness (QED) is 0.812. The number of alkyl halides is 2. The van der Waals surface area contributed by atoms with Crippen LogP contribution in [-0.2, 0) is 16.4 Å². The van der Waals surface area contributed by atoms with Gasteiger partial charge in [-0.05, 0) is 49.2 Å². The Hall–Kier alpha value is -2.28. The predicted octanol–water partition coefficient (Wildman–Crippen LogP) is 3.57. The molecule has 0 aromatic heterocycles. The fourth-order valence-corrected chi connectivity index (χ4v) is 3.18. The molecule has 4 nitrogen and oxygen atoms in total. The summed E-state index contributed by atoms with van der Waals surface area (Å²) >= 11 is 0. The van der Waals surface area contributed by atoms with Crippen molar-refractivity contribution in [3.63, 3.8) is 0 Å². The van der Waals surface area contributed by atoms with Gasteiger partial charge < -0.3 is 4.90 Å². The van der Waals surface area contributed by atoms with Crippen molar-refractivity contribution in [2.75, 3.05) is 7.05 Å². The Morgan fingerprint density at radius 2 is 1.68 bits per heavy atom. The van der Waals surface area contributed by atoms with Gasteiger partial charge in [0.2, 0.25) is 9.84 Å². The molecule has 0 N–H and O–H groups in total. The summed E-state index contributed by atoms with van der Waals surface area (Å²) in [7, 11) is -3.03. The molecule has 0 unspecified atom stereocenters. The van der Waals surface area contributed by atoms with E-state index >= 15 is 0 Å². The fraction of sp³-hybridized carbons (Fsp3) is 0.278. The van der Waals surface area contributed by atoms with Crippen LogP contribution < -0.4 is 0 Å². The number of hydrogen-bond donors (Lipinski definition) is 0. The van der Waals surface area contributed by atoms with Gasteiger partial charge in [-0.1, -0.05) is 23.8 Å². The number of benzene rings is 2. The second-order valence-corrected chi connectivity index (χ2v) is 7.84. The van der Waals surface area contributed by atoms with E-state index in [9.17, 15) is 22.0 Å². The number of sulfone groups is 1. The molecule has 134 valence electrons. The van der Waals surface area contributed by atoms with Crippen LogP contribution in [0.2, 0.25) is 0 Å². The average Bonchev–Trinajstić information content (AvgIpc) is 2.56. The second kappa shape index (κ2) is 7.31. The van der Waals surface area contributed by atoms with Crippen LogP contribution in [0.4, 0.5) is 8.78 Å². The van der Waals surface area contributed by atoms with Crippen LogP contribution in [-0.4, -0.2) is 32.0 Å². The fourth-order valence-electron chi connectivity index (χ4n) is 2.46. The molecule has 0 saturated heterocycles. The highest BCUT2D eigenvalue weighted by atomic mass is 32.2. The van der Waals surface area contributed by atoms with Crippen LogP contribution in [0, 0.1) is 13.8 Å². The van der Waals surface area contributed by atoms with Crippen LogP contribution in [0.25, 0.3) is 0 Å². The zero-order valence-electron chi connectivity index (χ0n) is 14.2. The maximum absolute atomic E-state index is 12.5. The summed E-state index contributed by atoms with van der Waals surface area (Å²) in [5, 5.41) is 0. The molecule has 0 aliphatic heterocycles. The highest BCUT2D eigenvalue weighted by Gasteiger charge is 2.26. The number of nitrogens with zero attached hydrogens (tertiary/aromatic N) is 1. The Kier molecular flexibility index (Phi) is 5.57. The van der Waals surface area contributed by atoms with E-state index in [2.05, 4.69) is 0 Å². The monoisotopic (exact) mass is 367 g/mol. The van der Waals surface area contributed by atoms with Gasteiger partial charge in [-0.2, -0.15) is 8.78 Å². The average molecular weight is 367 g/mol. The van der Waals surface area contributed by atoms with Crippen LogP contribution in [0.3, 0.4) is 0 Å². The highest BCUT2D eigenvalue weighted by Crippen LogP contribution is 2.20. The van der Waals surface area contributed by atoms with Crippen LogP contribution >= 0.6 is 0 Å². The van der Waals surface area contributed by atoms with Crippen LogP contribution in [0.5, 0.6) is 0 Å². The lowest BCUT2D eigenvalue weighted by molar-refractivity contribution is 0.0785. The topological polar surface area (TPSA) is 54.5 Å². The number of rotatable bonds is 5. The van der Waals surface area contributed by atoms with Gasteiger partial charge >= 0.3 is 5.76 Å². The maximum Gasteiger partial charge on any atom is 0.341 e. The molecule has 0 bridgehead atoms. The van der Waals surface area contributed by atoms with E-state index in [1.165, 1.54) is 17.0 Å². The number of aryl methyl sites for hydroxylation is 2. The molecule has 7 heteroatoms. The summed E-state index contributed by atoms with van der Waals surface area (Å²) in [5.74, 6) is -3.80. The van der Waals surface area contributed by atoms with Gasteiger partial charge in [-0.3, -0.25) is 4.79 Å². The van der Waals surface area contributed by atoms with E-state index in [1.54, 1.807) is 7.05 Å². The van der Waals surface area contributed by atoms with Crippen molar-refractivity contribution in [1.29, 1.82) is 0 Å². The molecule has 0 saturated carbocycles. The molecule has 2 aromatic rings. The summed E-state index contributed by atoms with van der Waals surface area (Å²) in [6, 6.07) is 10.5. The molecule has 0 aliphatic carbocycles. The number of carbonyl (C=O) groups excluding carboxylic acids is 1. The van der Waals surface area contributed by atoms with Crippen molar-refractivity contribution >= 4 is 15.7 Å². The summed E-state index contributed by atoms with van der Waals surface area (Å²) in [5.41, 5.74) is 3.43. The van der Waals surface area contributed by atoms with E-state index in [0.29, 0.717) is 6.54 Å². The van der Waals surface area contributed by atoms with Crippen molar-refractivity contribution in [3.05, 3.63) is 64.7 Å². The van der Waals surface area contributed by atoms with Crippen molar-refractivity contribution in [3.8, 4) is 0 Å². The van der Waals surface area contributed by atoms with Gasteiger partial charge in [0.1, 0.15) is 0 Å². The van der Waals surface area contributed by atoms with Gasteiger partial charge in [-0.15, -0.1) is 0 Å². The largest absolute Gasteiger partial charge is 0.341 e. The molecule has 0 spiro atoms. The molecule has 2 aromatic carbocycles. The van der Waals surface area contributed by atoms with Crippen LogP contribution in [0.15, 0.2) is 47.4 Å². The van der Waals surface area contributed by atoms with E-state index in [-0.39, 0.29) is 11.5 Å². The van der Waals surface area contributed by atoms with Gasteiger partial charge in [0.25, 0.3) is 5.91 Å². The third kappa shape index (κ3) is 4.22. The maximum atomic E-state index is 12.5. The zero-order chi connectivity index (χ0) is 18.8. The number of halogens is 2. The zero-order valence-corrected chi connectivity index (χ0v) is 15.0. The molecule has 2 rings (SSSR count). The normalized spacial score (nSPS) is 11.6. The van der Waals surface area contributed by atoms with E-state index in [0.717, 1.165) is 28.8 Å². The molecule has 0 radical (unpaired) electrons. The van der Waals surface area contributed by atoms with Crippen molar-refractivity contribution < 1.29 is 22.0 Å². The highest BCUT2D eigenvalue weighted by molar-refractivity contribution is 7.91. The van der Waals surface area contributed by atoms with Gasteiger partial charge in [0.15, 0.2) is 0 Å². The molecule has 0 atom stereocenters. The molecule has 25 heavy (non-hydrogen) atoms. The van der Waals surface area contributed by atoms with E-state index < -0.39 is 20.5 Å². The Morgan fingerprint density at radius 1 is 1.08 bits per heavy atom. The van der Waals surface area contributed by atoms with E-state index in [4.69, 9.17) is 0 Å². The number of carbonyl (C=O) groups is 1. The SMILES string of the molecule is Cc1ccc(CN(C)C(=O)c2ccc(S(=O)(=O)C(F)F)cc2)c(C)c1. The molecule has 0 heterocycles. The summed E-state index contributed by atoms with van der Waals surface area (Å²) in [4.78, 5) is 13.4. The lowest BCUT2D eigenvalue weighted by atomic mass is 10.1. The summed E-state index contributed by atoms with van der Waals surface area (Å²) < 4.78 is 47.9. The van der Waals surface area contributed by atoms with Crippen molar-refractivity contribution in [2.24, 2.45) is 0 Å². The third-order valence-corrected chi connectivity index (χ3v) is 5.32.